The molecule has 1 saturated carbocycles. The van der Waals surface area contributed by atoms with E-state index in [4.69, 9.17) is 0 Å². The smallest absolute Gasteiger partial charge is 0.312 e. The molecule has 0 radical (unpaired) electrons. The highest BCUT2D eigenvalue weighted by atomic mass is 19.1. The van der Waals surface area contributed by atoms with Crippen LogP contribution in [-0.2, 0) is 0 Å². The van der Waals surface area contributed by atoms with E-state index in [9.17, 15) is 9.18 Å². The van der Waals surface area contributed by atoms with Gasteiger partial charge in [0.2, 0.25) is 0 Å². The van der Waals surface area contributed by atoms with E-state index in [1.807, 2.05) is 0 Å². The molecule has 46 valence electrons. The first kappa shape index (κ1) is 5.34. The highest BCUT2D eigenvalue weighted by molar-refractivity contribution is 5.72. The summed E-state index contributed by atoms with van der Waals surface area (Å²) in [5, 5.41) is 2.23. The Morgan fingerprint density at radius 1 is 1.88 bits per heavy atom. The van der Waals surface area contributed by atoms with Gasteiger partial charge in [0.15, 0.2) is 0 Å². The molecule has 0 saturated heterocycles. The first-order valence-corrected chi connectivity index (χ1v) is 2.40. The number of urea groups is 1. The second kappa shape index (κ2) is 1.61. The van der Waals surface area contributed by atoms with Gasteiger partial charge in [-0.05, 0) is 0 Å². The van der Waals surface area contributed by atoms with Gasteiger partial charge in [0.25, 0.3) is 0 Å². The van der Waals surface area contributed by atoms with Gasteiger partial charge in [-0.1, -0.05) is 0 Å². The number of hydrogen-bond acceptors (Lipinski definition) is 1. The van der Waals surface area contributed by atoms with Crippen molar-refractivity contribution in [3.63, 3.8) is 0 Å². The number of halogens is 1. The molecule has 0 bridgehead atoms. The first-order chi connectivity index (χ1) is 3.70. The second-order valence-corrected chi connectivity index (χ2v) is 1.87. The summed E-state index contributed by atoms with van der Waals surface area (Å²) in [5.41, 5.74) is 4.68. The van der Waals surface area contributed by atoms with Crippen LogP contribution in [0.2, 0.25) is 0 Å². The second-order valence-electron chi connectivity index (χ2n) is 1.87. The first-order valence-electron chi connectivity index (χ1n) is 2.40. The van der Waals surface area contributed by atoms with Crippen LogP contribution in [0.1, 0.15) is 6.42 Å². The molecule has 8 heavy (non-hydrogen) atoms. The van der Waals surface area contributed by atoms with Crippen LogP contribution >= 0.6 is 0 Å². The van der Waals surface area contributed by atoms with Crippen molar-refractivity contribution in [1.82, 2.24) is 5.32 Å². The molecular formula is C4H7FN2O. The molecule has 0 aromatic rings. The molecule has 1 rings (SSSR count). The summed E-state index contributed by atoms with van der Waals surface area (Å²) in [4.78, 5) is 9.94. The van der Waals surface area contributed by atoms with Crippen LogP contribution in [0.4, 0.5) is 9.18 Å². The van der Waals surface area contributed by atoms with Gasteiger partial charge in [0, 0.05) is 6.42 Å². The summed E-state index contributed by atoms with van der Waals surface area (Å²) in [5.74, 6) is 0. The third-order valence-corrected chi connectivity index (χ3v) is 1.04. The average molecular weight is 118 g/mol. The lowest BCUT2D eigenvalue weighted by Gasteiger charge is -1.92. The van der Waals surface area contributed by atoms with Gasteiger partial charge in [-0.25, -0.2) is 9.18 Å². The molecule has 1 aliphatic carbocycles. The van der Waals surface area contributed by atoms with Gasteiger partial charge in [-0.3, -0.25) is 0 Å². The molecule has 0 spiro atoms. The molecule has 2 amide bonds. The number of carbonyl (C=O) groups excluding carboxylic acids is 1. The van der Waals surface area contributed by atoms with E-state index in [1.165, 1.54) is 0 Å². The van der Waals surface area contributed by atoms with Crippen LogP contribution < -0.4 is 11.1 Å². The van der Waals surface area contributed by atoms with Crippen LogP contribution in [0.25, 0.3) is 0 Å². The van der Waals surface area contributed by atoms with Gasteiger partial charge in [-0.2, -0.15) is 0 Å². The zero-order chi connectivity index (χ0) is 6.15. The highest BCUT2D eigenvalue weighted by Crippen LogP contribution is 2.24. The van der Waals surface area contributed by atoms with E-state index in [2.05, 4.69) is 11.1 Å². The van der Waals surface area contributed by atoms with Crippen molar-refractivity contribution >= 4 is 6.03 Å². The SMILES string of the molecule is NC(=O)NC1CC1F. The number of nitrogens with two attached hydrogens (primary N) is 1. The predicted octanol–water partition coefficient (Wildman–Crippen LogP) is -0.235. The summed E-state index contributed by atoms with van der Waals surface area (Å²) in [6.45, 7) is 0. The number of nitrogens with one attached hydrogen (secondary N) is 1. The van der Waals surface area contributed by atoms with Crippen LogP contribution in [0.15, 0.2) is 0 Å². The zero-order valence-electron chi connectivity index (χ0n) is 4.23. The van der Waals surface area contributed by atoms with Crippen molar-refractivity contribution in [3.05, 3.63) is 0 Å². The van der Waals surface area contributed by atoms with Crippen molar-refractivity contribution in [2.24, 2.45) is 5.73 Å². The minimum atomic E-state index is -0.859. The highest BCUT2D eigenvalue weighted by Gasteiger charge is 2.38. The molecule has 3 N–H and O–H groups in total. The van der Waals surface area contributed by atoms with E-state index in [0.717, 1.165) is 0 Å². The summed E-state index contributed by atoms with van der Waals surface area (Å²) < 4.78 is 11.9. The van der Waals surface area contributed by atoms with Gasteiger partial charge in [-0.15, -0.1) is 0 Å². The monoisotopic (exact) mass is 118 g/mol. The minimum absolute atomic E-state index is 0.299. The maximum atomic E-state index is 11.9. The third-order valence-electron chi connectivity index (χ3n) is 1.04. The van der Waals surface area contributed by atoms with Crippen LogP contribution in [0.5, 0.6) is 0 Å². The van der Waals surface area contributed by atoms with Crippen molar-refractivity contribution in [3.8, 4) is 0 Å². The fraction of sp³-hybridized carbons (Fsp3) is 0.750. The lowest BCUT2D eigenvalue weighted by atomic mass is 10.7. The van der Waals surface area contributed by atoms with Crippen LogP contribution in [0.3, 0.4) is 0 Å². The fourth-order valence-electron chi connectivity index (χ4n) is 0.496. The minimum Gasteiger partial charge on any atom is -0.352 e. The maximum Gasteiger partial charge on any atom is 0.312 e. The van der Waals surface area contributed by atoms with Crippen molar-refractivity contribution < 1.29 is 9.18 Å². The van der Waals surface area contributed by atoms with Crippen LogP contribution in [-0.4, -0.2) is 18.2 Å². The van der Waals surface area contributed by atoms with E-state index in [0.29, 0.717) is 6.42 Å². The van der Waals surface area contributed by atoms with Gasteiger partial charge in [0.05, 0.1) is 6.04 Å². The molecule has 0 aliphatic heterocycles. The third kappa shape index (κ3) is 1.08. The Morgan fingerprint density at radius 3 is 2.50 bits per heavy atom. The standard InChI is InChI=1S/C4H7FN2O/c5-2-1-3(2)7-4(6)8/h2-3H,1H2,(H3,6,7,8). The van der Waals surface area contributed by atoms with E-state index >= 15 is 0 Å². The fourth-order valence-corrected chi connectivity index (χ4v) is 0.496. The molecule has 1 fully saturated rings. The molecule has 0 heterocycles. The van der Waals surface area contributed by atoms with Gasteiger partial charge < -0.3 is 11.1 Å². The molecule has 2 unspecified atom stereocenters. The number of amides is 2. The van der Waals surface area contributed by atoms with Crippen molar-refractivity contribution in [1.29, 1.82) is 0 Å². The Balaban J connectivity index is 2.14. The molecule has 3 nitrogen and oxygen atoms in total. The molecule has 2 atom stereocenters. The Morgan fingerprint density at radius 2 is 2.38 bits per heavy atom. The van der Waals surface area contributed by atoms with Crippen molar-refractivity contribution in [2.75, 3.05) is 0 Å². The summed E-state index contributed by atoms with van der Waals surface area (Å²) in [6, 6.07) is -0.942. The van der Waals surface area contributed by atoms with Gasteiger partial charge >= 0.3 is 6.03 Å². The maximum absolute atomic E-state index is 11.9. The normalized spacial score (nSPS) is 34.1. The number of carbonyl (C=O) groups is 1. The summed E-state index contributed by atoms with van der Waals surface area (Å²) in [7, 11) is 0. The molecule has 4 heteroatoms. The van der Waals surface area contributed by atoms with Gasteiger partial charge in [0.1, 0.15) is 6.17 Å². The molecular weight excluding hydrogens is 111 g/mol. The van der Waals surface area contributed by atoms with Crippen molar-refractivity contribution in [2.45, 2.75) is 18.6 Å². The van der Waals surface area contributed by atoms with E-state index < -0.39 is 12.2 Å². The van der Waals surface area contributed by atoms with Crippen LogP contribution in [0, 0.1) is 0 Å². The number of rotatable bonds is 1. The molecule has 0 aromatic heterocycles. The number of primary amides is 1. The molecule has 0 aromatic carbocycles. The molecule has 1 aliphatic rings. The quantitative estimate of drug-likeness (QED) is 0.490. The lowest BCUT2D eigenvalue weighted by molar-refractivity contribution is 0.247. The summed E-state index contributed by atoms with van der Waals surface area (Å²) in [6.07, 6.45) is -0.439. The zero-order valence-corrected chi connectivity index (χ0v) is 4.23. The predicted molar refractivity (Wildman–Crippen MR) is 26.0 cm³/mol. The number of hydrogen-bond donors (Lipinski definition) is 2. The Bertz CT molecular complexity index is 117. The summed E-state index contributed by atoms with van der Waals surface area (Å²) >= 11 is 0. The van der Waals surface area contributed by atoms with E-state index in [1.54, 1.807) is 0 Å². The Labute approximate surface area is 46.0 Å². The topological polar surface area (TPSA) is 55.1 Å². The Kier molecular flexibility index (Phi) is 1.08. The lowest BCUT2D eigenvalue weighted by Crippen LogP contribution is -2.32. The average Bonchev–Trinajstić information content (AvgIpc) is 2.17. The largest absolute Gasteiger partial charge is 0.352 e. The number of alkyl halides is 1. The Hall–Kier alpha value is -0.800. The van der Waals surface area contributed by atoms with E-state index in [-0.39, 0.29) is 6.04 Å².